The minimum atomic E-state index is -1.11. The van der Waals surface area contributed by atoms with Gasteiger partial charge in [0.25, 0.3) is 0 Å². The number of carbonyl (C=O) groups is 1. The number of nitrogens with zero attached hydrogens (tertiary/aromatic N) is 1. The van der Waals surface area contributed by atoms with Gasteiger partial charge in [0.15, 0.2) is 0 Å². The summed E-state index contributed by atoms with van der Waals surface area (Å²) in [7, 11) is 0. The largest absolute Gasteiger partial charge is 0.458 e. The molecule has 0 bridgehead atoms. The molecular formula is C20H19N3O2. The van der Waals surface area contributed by atoms with Gasteiger partial charge in [0.1, 0.15) is 12.4 Å². The highest BCUT2D eigenvalue weighted by molar-refractivity contribution is 6.17. The molecule has 2 aliphatic rings. The first-order valence-corrected chi connectivity index (χ1v) is 8.34. The van der Waals surface area contributed by atoms with Gasteiger partial charge < -0.3 is 15.4 Å². The van der Waals surface area contributed by atoms with Gasteiger partial charge in [0.2, 0.25) is 5.54 Å². The van der Waals surface area contributed by atoms with Gasteiger partial charge in [0, 0.05) is 12.2 Å². The molecule has 1 unspecified atom stereocenters. The van der Waals surface area contributed by atoms with Crippen LogP contribution in [0.15, 0.2) is 65.7 Å². The minimum Gasteiger partial charge on any atom is -0.458 e. The van der Waals surface area contributed by atoms with Gasteiger partial charge >= 0.3 is 5.97 Å². The number of amidine groups is 1. The fourth-order valence-electron chi connectivity index (χ4n) is 3.08. The van der Waals surface area contributed by atoms with Crippen LogP contribution in [0.25, 0.3) is 6.08 Å². The quantitative estimate of drug-likeness (QED) is 0.845. The van der Waals surface area contributed by atoms with Crippen LogP contribution in [0.3, 0.4) is 0 Å². The molecule has 5 heteroatoms. The summed E-state index contributed by atoms with van der Waals surface area (Å²) in [5, 5.41) is 6.55. The Hall–Kier alpha value is -3.08. The summed E-state index contributed by atoms with van der Waals surface area (Å²) in [6.45, 7) is 1.60. The van der Waals surface area contributed by atoms with Gasteiger partial charge in [-0.25, -0.2) is 4.79 Å². The molecule has 0 aliphatic carbocycles. The van der Waals surface area contributed by atoms with Gasteiger partial charge in [-0.05, 0) is 23.3 Å². The summed E-state index contributed by atoms with van der Waals surface area (Å²) in [6, 6.07) is 17.5. The average molecular weight is 333 g/mol. The van der Waals surface area contributed by atoms with E-state index in [0.29, 0.717) is 12.4 Å². The van der Waals surface area contributed by atoms with Crippen LogP contribution >= 0.6 is 0 Å². The Morgan fingerprint density at radius 3 is 2.72 bits per heavy atom. The number of esters is 1. The second kappa shape index (κ2) is 6.43. The summed E-state index contributed by atoms with van der Waals surface area (Å²) in [5.41, 5.74) is 1.76. The van der Waals surface area contributed by atoms with Gasteiger partial charge in [0.05, 0.1) is 6.54 Å². The van der Waals surface area contributed by atoms with Crippen LogP contribution in [0.2, 0.25) is 0 Å². The molecule has 2 N–H and O–H groups in total. The lowest BCUT2D eigenvalue weighted by Crippen LogP contribution is -2.57. The van der Waals surface area contributed by atoms with Crippen LogP contribution in [0.5, 0.6) is 0 Å². The smallest absolute Gasteiger partial charge is 0.344 e. The first-order valence-electron chi connectivity index (χ1n) is 8.34. The molecule has 0 aromatic heterocycles. The first kappa shape index (κ1) is 15.4. The number of ether oxygens (including phenoxy) is 1. The van der Waals surface area contributed by atoms with Crippen molar-refractivity contribution in [3.63, 3.8) is 0 Å². The zero-order valence-corrected chi connectivity index (χ0v) is 13.7. The number of fused-ring (bicyclic) bond motifs is 1. The van der Waals surface area contributed by atoms with E-state index in [4.69, 9.17) is 4.74 Å². The van der Waals surface area contributed by atoms with Crippen LogP contribution in [0.4, 0.5) is 5.69 Å². The van der Waals surface area contributed by atoms with Crippen LogP contribution in [0.1, 0.15) is 11.1 Å². The molecule has 1 atom stereocenters. The van der Waals surface area contributed by atoms with Gasteiger partial charge in [-0.2, -0.15) is 0 Å². The molecule has 25 heavy (non-hydrogen) atoms. The molecule has 0 fully saturated rings. The number of para-hydroxylation sites is 1. The number of hydrogen-bond acceptors (Lipinski definition) is 5. The third-order valence-electron chi connectivity index (χ3n) is 4.39. The Bertz CT molecular complexity index is 845. The number of rotatable bonds is 4. The SMILES string of the molecule is O=C(OCc1ccccc1)C1(C2=NCCN2)C=Cc2ccccc2N1. The molecule has 2 aromatic carbocycles. The normalized spacial score (nSPS) is 20.9. The Morgan fingerprint density at radius 1 is 1.12 bits per heavy atom. The predicted molar refractivity (Wildman–Crippen MR) is 98.4 cm³/mol. The van der Waals surface area contributed by atoms with Crippen molar-refractivity contribution in [3.05, 3.63) is 71.8 Å². The highest BCUT2D eigenvalue weighted by Gasteiger charge is 2.46. The molecule has 2 aromatic rings. The lowest BCUT2D eigenvalue weighted by molar-refractivity contribution is -0.146. The van der Waals surface area contributed by atoms with Gasteiger partial charge in [-0.15, -0.1) is 0 Å². The van der Waals surface area contributed by atoms with Crippen molar-refractivity contribution in [2.24, 2.45) is 4.99 Å². The second-order valence-electron chi connectivity index (χ2n) is 6.07. The van der Waals surface area contributed by atoms with E-state index in [2.05, 4.69) is 15.6 Å². The number of benzene rings is 2. The van der Waals surface area contributed by atoms with E-state index in [9.17, 15) is 4.79 Å². The topological polar surface area (TPSA) is 62.7 Å². The number of carbonyl (C=O) groups excluding carboxylic acids is 1. The van der Waals surface area contributed by atoms with E-state index in [-0.39, 0.29) is 12.6 Å². The van der Waals surface area contributed by atoms with Crippen molar-refractivity contribution in [2.75, 3.05) is 18.4 Å². The summed E-state index contributed by atoms with van der Waals surface area (Å²) < 4.78 is 5.62. The maximum atomic E-state index is 13.0. The summed E-state index contributed by atoms with van der Waals surface area (Å²) >= 11 is 0. The molecule has 0 spiro atoms. The van der Waals surface area contributed by atoms with Crippen molar-refractivity contribution in [1.29, 1.82) is 0 Å². The third-order valence-corrected chi connectivity index (χ3v) is 4.39. The van der Waals surface area contributed by atoms with Crippen molar-refractivity contribution in [3.8, 4) is 0 Å². The monoisotopic (exact) mass is 333 g/mol. The second-order valence-corrected chi connectivity index (χ2v) is 6.07. The number of nitrogens with one attached hydrogen (secondary N) is 2. The number of hydrogen-bond donors (Lipinski definition) is 2. The van der Waals surface area contributed by atoms with Crippen molar-refractivity contribution < 1.29 is 9.53 Å². The molecule has 2 heterocycles. The average Bonchev–Trinajstić information content (AvgIpc) is 3.22. The molecule has 0 saturated heterocycles. The lowest BCUT2D eigenvalue weighted by Gasteiger charge is -2.34. The zero-order valence-electron chi connectivity index (χ0n) is 13.7. The highest BCUT2D eigenvalue weighted by atomic mass is 16.5. The lowest BCUT2D eigenvalue weighted by atomic mass is 9.91. The maximum absolute atomic E-state index is 13.0. The van der Waals surface area contributed by atoms with Crippen molar-refractivity contribution in [1.82, 2.24) is 5.32 Å². The van der Waals surface area contributed by atoms with E-state index in [1.165, 1.54) is 0 Å². The summed E-state index contributed by atoms with van der Waals surface area (Å²) in [5.74, 6) is 0.242. The van der Waals surface area contributed by atoms with Crippen molar-refractivity contribution >= 4 is 23.6 Å². The van der Waals surface area contributed by atoms with E-state index < -0.39 is 5.54 Å². The van der Waals surface area contributed by atoms with E-state index in [1.54, 1.807) is 0 Å². The van der Waals surface area contributed by atoms with Crippen LogP contribution in [0, 0.1) is 0 Å². The summed E-state index contributed by atoms with van der Waals surface area (Å²) in [4.78, 5) is 17.5. The molecule has 0 amide bonds. The van der Waals surface area contributed by atoms with Gasteiger partial charge in [-0.3, -0.25) is 4.99 Å². The molecule has 0 saturated carbocycles. The Morgan fingerprint density at radius 2 is 1.92 bits per heavy atom. The number of anilines is 1. The standard InChI is InChI=1S/C20H19N3O2/c24-19(25-14-15-6-2-1-3-7-15)20(18-21-12-13-22-18)11-10-16-8-4-5-9-17(16)23-20/h1-11,23H,12-14H2,(H,21,22). The van der Waals surface area contributed by atoms with E-state index in [1.807, 2.05) is 66.7 Å². The fourth-order valence-corrected chi connectivity index (χ4v) is 3.08. The molecule has 2 aliphatic heterocycles. The first-order chi connectivity index (χ1) is 12.3. The van der Waals surface area contributed by atoms with Crippen LogP contribution < -0.4 is 10.6 Å². The molecule has 4 rings (SSSR count). The molecule has 126 valence electrons. The highest BCUT2D eigenvalue weighted by Crippen LogP contribution is 2.30. The molecule has 0 radical (unpaired) electrons. The Kier molecular flexibility index (Phi) is 3.98. The summed E-state index contributed by atoms with van der Waals surface area (Å²) in [6.07, 6.45) is 3.78. The Balaban J connectivity index is 1.62. The molecule has 5 nitrogen and oxygen atoms in total. The zero-order chi connectivity index (χ0) is 17.1. The van der Waals surface area contributed by atoms with Crippen LogP contribution in [-0.2, 0) is 16.1 Å². The Labute approximate surface area is 146 Å². The third kappa shape index (κ3) is 2.89. The number of aliphatic imine (C=N–C) groups is 1. The van der Waals surface area contributed by atoms with E-state index >= 15 is 0 Å². The predicted octanol–water partition coefficient (Wildman–Crippen LogP) is 2.61. The van der Waals surface area contributed by atoms with Crippen molar-refractivity contribution in [2.45, 2.75) is 12.1 Å². The van der Waals surface area contributed by atoms with Crippen LogP contribution in [-0.4, -0.2) is 30.4 Å². The maximum Gasteiger partial charge on any atom is 0.344 e. The fraction of sp³-hybridized carbons (Fsp3) is 0.200. The minimum absolute atomic E-state index is 0.228. The molecular weight excluding hydrogens is 314 g/mol. The van der Waals surface area contributed by atoms with Gasteiger partial charge in [-0.1, -0.05) is 54.6 Å². The van der Waals surface area contributed by atoms with E-state index in [0.717, 1.165) is 23.4 Å².